The number of aryl methyl sites for hydroxylation is 1. The Labute approximate surface area is 170 Å². The molecular formula is C22H26N4O3. The molecule has 0 radical (unpaired) electrons. The number of fused-ring (bicyclic) bond motifs is 1. The van der Waals surface area contributed by atoms with Crippen LogP contribution in [0.15, 0.2) is 46.7 Å². The van der Waals surface area contributed by atoms with Crippen LogP contribution in [0, 0.1) is 12.8 Å². The van der Waals surface area contributed by atoms with Gasteiger partial charge in [-0.05, 0) is 32.9 Å². The monoisotopic (exact) mass is 394 g/mol. The molecule has 0 spiro atoms. The maximum absolute atomic E-state index is 12.7. The quantitative estimate of drug-likeness (QED) is 0.594. The molecule has 2 unspecified atom stereocenters. The fraction of sp³-hybridized carbons (Fsp3) is 0.364. The number of aromatic nitrogens is 2. The van der Waals surface area contributed by atoms with E-state index >= 15 is 0 Å². The highest BCUT2D eigenvalue weighted by Crippen LogP contribution is 2.41. The van der Waals surface area contributed by atoms with Gasteiger partial charge in [0.25, 0.3) is 0 Å². The number of nitrogens with zero attached hydrogens (tertiary/aromatic N) is 3. The van der Waals surface area contributed by atoms with E-state index in [1.807, 2.05) is 38.1 Å². The summed E-state index contributed by atoms with van der Waals surface area (Å²) in [4.78, 5) is 34.2. The van der Waals surface area contributed by atoms with Gasteiger partial charge >= 0.3 is 11.7 Å². The third-order valence-electron chi connectivity index (χ3n) is 5.04. The number of allylic oxidation sites excluding steroid dienone is 1. The standard InChI is InChI=1S/C22H26N4O3/c1-6-12-26-20-18(14(4)17(15(5)23-20)21(27)29-7-2)19(25-22(26)28)24-16-10-8-13(3)9-11-16/h6,8-11,14,17H,1,7,12H2,2-5H3,(H,24,25,28). The molecule has 0 amide bonds. The van der Waals surface area contributed by atoms with Crippen LogP contribution < -0.4 is 11.0 Å². The molecule has 0 saturated carbocycles. The Balaban J connectivity index is 2.17. The highest BCUT2D eigenvalue weighted by Gasteiger charge is 2.38. The molecule has 29 heavy (non-hydrogen) atoms. The lowest BCUT2D eigenvalue weighted by atomic mass is 9.82. The minimum absolute atomic E-state index is 0.265. The number of rotatable bonds is 6. The third-order valence-corrected chi connectivity index (χ3v) is 5.04. The summed E-state index contributed by atoms with van der Waals surface area (Å²) in [6, 6.07) is 7.79. The van der Waals surface area contributed by atoms with Gasteiger partial charge in [-0.1, -0.05) is 30.7 Å². The van der Waals surface area contributed by atoms with Gasteiger partial charge in [0.15, 0.2) is 0 Å². The lowest BCUT2D eigenvalue weighted by Crippen LogP contribution is -2.35. The molecule has 1 aromatic heterocycles. The first-order chi connectivity index (χ1) is 13.9. The Kier molecular flexibility index (Phi) is 5.96. The summed E-state index contributed by atoms with van der Waals surface area (Å²) < 4.78 is 6.74. The zero-order chi connectivity index (χ0) is 21.1. The van der Waals surface area contributed by atoms with Crippen molar-refractivity contribution >= 4 is 29.0 Å². The number of benzene rings is 1. The van der Waals surface area contributed by atoms with Crippen molar-refractivity contribution in [2.45, 2.75) is 40.2 Å². The van der Waals surface area contributed by atoms with Gasteiger partial charge in [-0.2, -0.15) is 4.98 Å². The van der Waals surface area contributed by atoms with Crippen molar-refractivity contribution in [2.24, 2.45) is 10.9 Å². The molecule has 1 aliphatic rings. The molecular weight excluding hydrogens is 368 g/mol. The molecule has 0 saturated heterocycles. The van der Waals surface area contributed by atoms with Gasteiger partial charge in [0.1, 0.15) is 17.6 Å². The second-order valence-corrected chi connectivity index (χ2v) is 7.14. The van der Waals surface area contributed by atoms with Crippen LogP contribution in [0.2, 0.25) is 0 Å². The number of anilines is 2. The SMILES string of the molecule is C=CCn1c2c(c(Nc3ccc(C)cc3)nc1=O)C(C)C(C(=O)OCC)C(C)=N2. The van der Waals surface area contributed by atoms with Crippen molar-refractivity contribution in [2.75, 3.05) is 11.9 Å². The molecule has 7 heteroatoms. The Bertz CT molecular complexity index is 1020. The van der Waals surface area contributed by atoms with Crippen molar-refractivity contribution in [1.82, 2.24) is 9.55 Å². The van der Waals surface area contributed by atoms with E-state index in [0.717, 1.165) is 16.8 Å². The van der Waals surface area contributed by atoms with Crippen molar-refractivity contribution in [1.29, 1.82) is 0 Å². The van der Waals surface area contributed by atoms with Crippen molar-refractivity contribution < 1.29 is 9.53 Å². The summed E-state index contributed by atoms with van der Waals surface area (Å²) in [6.07, 6.45) is 1.63. The van der Waals surface area contributed by atoms with Crippen LogP contribution in [0.25, 0.3) is 0 Å². The molecule has 3 rings (SSSR count). The topological polar surface area (TPSA) is 85.6 Å². The van der Waals surface area contributed by atoms with Gasteiger partial charge in [-0.15, -0.1) is 6.58 Å². The van der Waals surface area contributed by atoms with Crippen LogP contribution in [0.3, 0.4) is 0 Å². The molecule has 2 aromatic rings. The molecule has 7 nitrogen and oxygen atoms in total. The lowest BCUT2D eigenvalue weighted by Gasteiger charge is -2.30. The molecule has 152 valence electrons. The molecule has 1 aromatic carbocycles. The van der Waals surface area contributed by atoms with Crippen LogP contribution in [0.1, 0.15) is 37.8 Å². The zero-order valence-electron chi connectivity index (χ0n) is 17.2. The van der Waals surface area contributed by atoms with E-state index in [-0.39, 0.29) is 18.4 Å². The van der Waals surface area contributed by atoms with E-state index in [2.05, 4.69) is 21.9 Å². The summed E-state index contributed by atoms with van der Waals surface area (Å²) in [5, 5.41) is 3.23. The summed E-state index contributed by atoms with van der Waals surface area (Å²) in [7, 11) is 0. The molecule has 2 heterocycles. The number of carbonyl (C=O) groups excluding carboxylic acids is 1. The van der Waals surface area contributed by atoms with Crippen LogP contribution in [0.4, 0.5) is 17.3 Å². The van der Waals surface area contributed by atoms with E-state index in [0.29, 0.717) is 24.0 Å². The first-order valence-corrected chi connectivity index (χ1v) is 9.68. The van der Waals surface area contributed by atoms with Gasteiger partial charge in [-0.25, -0.2) is 9.79 Å². The summed E-state index contributed by atoms with van der Waals surface area (Å²) in [6.45, 7) is 11.8. The van der Waals surface area contributed by atoms with Crippen molar-refractivity contribution in [3.63, 3.8) is 0 Å². The van der Waals surface area contributed by atoms with E-state index < -0.39 is 11.6 Å². The Hall–Kier alpha value is -3.22. The Morgan fingerprint density at radius 1 is 1.31 bits per heavy atom. The minimum Gasteiger partial charge on any atom is -0.465 e. The molecule has 0 bridgehead atoms. The number of hydrogen-bond acceptors (Lipinski definition) is 6. The number of esters is 1. The van der Waals surface area contributed by atoms with Gasteiger partial charge in [-0.3, -0.25) is 9.36 Å². The van der Waals surface area contributed by atoms with E-state index in [1.165, 1.54) is 4.57 Å². The number of nitrogens with one attached hydrogen (secondary N) is 1. The van der Waals surface area contributed by atoms with E-state index in [1.54, 1.807) is 19.9 Å². The molecule has 1 aliphatic heterocycles. The average Bonchev–Trinajstić information content (AvgIpc) is 2.66. The summed E-state index contributed by atoms with van der Waals surface area (Å²) >= 11 is 0. The van der Waals surface area contributed by atoms with Crippen molar-refractivity contribution in [3.8, 4) is 0 Å². The van der Waals surface area contributed by atoms with E-state index in [4.69, 9.17) is 4.74 Å². The molecule has 1 N–H and O–H groups in total. The van der Waals surface area contributed by atoms with Crippen LogP contribution in [-0.4, -0.2) is 27.8 Å². The lowest BCUT2D eigenvalue weighted by molar-refractivity contribution is -0.146. The minimum atomic E-state index is -0.530. The third kappa shape index (κ3) is 3.99. The number of carbonyl (C=O) groups is 1. The second kappa shape index (κ2) is 8.43. The summed E-state index contributed by atoms with van der Waals surface area (Å²) in [5.74, 6) is -0.205. The highest BCUT2D eigenvalue weighted by atomic mass is 16.5. The predicted octanol–water partition coefficient (Wildman–Crippen LogP) is 3.87. The van der Waals surface area contributed by atoms with Crippen molar-refractivity contribution in [3.05, 3.63) is 58.5 Å². The maximum atomic E-state index is 12.7. The Morgan fingerprint density at radius 2 is 2.00 bits per heavy atom. The normalized spacial score (nSPS) is 17.9. The second-order valence-electron chi connectivity index (χ2n) is 7.14. The highest BCUT2D eigenvalue weighted by molar-refractivity contribution is 6.04. The fourth-order valence-corrected chi connectivity index (χ4v) is 3.63. The maximum Gasteiger partial charge on any atom is 0.351 e. The van der Waals surface area contributed by atoms with Crippen LogP contribution in [0.5, 0.6) is 0 Å². The number of aliphatic imine (C=N–C) groups is 1. The molecule has 0 fully saturated rings. The van der Waals surface area contributed by atoms with Crippen LogP contribution >= 0.6 is 0 Å². The van der Waals surface area contributed by atoms with E-state index in [9.17, 15) is 9.59 Å². The first kappa shape index (κ1) is 20.5. The Morgan fingerprint density at radius 3 is 2.62 bits per heavy atom. The predicted molar refractivity (Wildman–Crippen MR) is 114 cm³/mol. The molecule has 2 atom stereocenters. The fourth-order valence-electron chi connectivity index (χ4n) is 3.63. The van der Waals surface area contributed by atoms with Gasteiger partial charge in [0, 0.05) is 29.4 Å². The van der Waals surface area contributed by atoms with Crippen LogP contribution in [-0.2, 0) is 16.1 Å². The number of ether oxygens (including phenoxy) is 1. The molecule has 0 aliphatic carbocycles. The van der Waals surface area contributed by atoms with Gasteiger partial charge in [0.05, 0.1) is 6.61 Å². The average molecular weight is 394 g/mol. The smallest absolute Gasteiger partial charge is 0.351 e. The number of hydrogen-bond donors (Lipinski definition) is 1. The van der Waals surface area contributed by atoms with Gasteiger partial charge in [0.2, 0.25) is 0 Å². The van der Waals surface area contributed by atoms with Gasteiger partial charge < -0.3 is 10.1 Å². The first-order valence-electron chi connectivity index (χ1n) is 9.68. The zero-order valence-corrected chi connectivity index (χ0v) is 17.2. The summed E-state index contributed by atoms with van der Waals surface area (Å²) in [5.41, 5.74) is 2.85. The largest absolute Gasteiger partial charge is 0.465 e.